The lowest BCUT2D eigenvalue weighted by molar-refractivity contribution is -0.134. The van der Waals surface area contributed by atoms with Crippen LogP contribution in [0.2, 0.25) is 0 Å². The maximum Gasteiger partial charge on any atom is 0.223 e. The first kappa shape index (κ1) is 15.1. The van der Waals surface area contributed by atoms with Gasteiger partial charge in [0.25, 0.3) is 0 Å². The number of likely N-dealkylation sites (tertiary alicyclic amines) is 1. The molecule has 4 nitrogen and oxygen atoms in total. The number of carbonyl (C=O) groups excluding carboxylic acids is 1. The van der Waals surface area contributed by atoms with Gasteiger partial charge in [-0.2, -0.15) is 0 Å². The third-order valence-corrected chi connectivity index (χ3v) is 6.28. The van der Waals surface area contributed by atoms with E-state index in [-0.39, 0.29) is 11.8 Å². The molecule has 1 aromatic carbocycles. The van der Waals surface area contributed by atoms with E-state index in [1.807, 2.05) is 23.1 Å². The quantitative estimate of drug-likeness (QED) is 0.937. The lowest BCUT2D eigenvalue weighted by Gasteiger charge is -2.35. The second kappa shape index (κ2) is 5.87. The lowest BCUT2D eigenvalue weighted by atomic mass is 9.90. The third-order valence-electron chi connectivity index (χ3n) is 5.19. The molecule has 0 radical (unpaired) electrons. The first-order valence-corrected chi connectivity index (χ1v) is 9.30. The van der Waals surface area contributed by atoms with Gasteiger partial charge in [-0.3, -0.25) is 4.79 Å². The topological polar surface area (TPSA) is 53.4 Å². The minimum atomic E-state index is -0.466. The highest BCUT2D eigenvalue weighted by Crippen LogP contribution is 2.45. The highest BCUT2D eigenvalue weighted by molar-refractivity contribution is 7.18. The van der Waals surface area contributed by atoms with Gasteiger partial charge in [-0.25, -0.2) is 4.98 Å². The molecule has 1 saturated heterocycles. The Kier molecular flexibility index (Phi) is 3.85. The van der Waals surface area contributed by atoms with E-state index in [2.05, 4.69) is 11.1 Å². The van der Waals surface area contributed by atoms with Crippen molar-refractivity contribution in [2.24, 2.45) is 5.92 Å². The Bertz CT molecular complexity index is 690. The van der Waals surface area contributed by atoms with E-state index in [9.17, 15) is 9.90 Å². The van der Waals surface area contributed by atoms with Crippen LogP contribution in [0.1, 0.15) is 37.1 Å². The number of benzene rings is 1. The maximum atomic E-state index is 12.5. The number of aromatic nitrogens is 1. The SMILES string of the molecule is O=C(CCc1nc2ccccc2s1)N1CCCC(C2(O)CC2)C1. The van der Waals surface area contributed by atoms with Crippen LogP contribution in [-0.4, -0.2) is 39.6 Å². The van der Waals surface area contributed by atoms with E-state index in [1.54, 1.807) is 11.3 Å². The van der Waals surface area contributed by atoms with Gasteiger partial charge in [-0.05, 0) is 37.8 Å². The van der Waals surface area contributed by atoms with Crippen molar-refractivity contribution < 1.29 is 9.90 Å². The predicted molar refractivity (Wildman–Crippen MR) is 91.4 cm³/mol. The van der Waals surface area contributed by atoms with Crippen molar-refractivity contribution >= 4 is 27.5 Å². The van der Waals surface area contributed by atoms with Crippen LogP contribution in [0.3, 0.4) is 0 Å². The summed E-state index contributed by atoms with van der Waals surface area (Å²) in [5.41, 5.74) is 0.556. The number of rotatable bonds is 4. The van der Waals surface area contributed by atoms with Gasteiger partial charge in [0.2, 0.25) is 5.91 Å². The molecule has 1 atom stereocenters. The molecule has 122 valence electrons. The number of para-hydroxylation sites is 1. The molecule has 2 aliphatic rings. The molecule has 2 aromatic rings. The number of nitrogens with zero attached hydrogens (tertiary/aromatic N) is 2. The Morgan fingerprint density at radius 3 is 3.00 bits per heavy atom. The Morgan fingerprint density at radius 1 is 1.39 bits per heavy atom. The third kappa shape index (κ3) is 3.12. The molecular weight excluding hydrogens is 308 g/mol. The van der Waals surface area contributed by atoms with E-state index in [0.29, 0.717) is 12.8 Å². The molecule has 2 heterocycles. The van der Waals surface area contributed by atoms with Crippen molar-refractivity contribution in [1.82, 2.24) is 9.88 Å². The minimum Gasteiger partial charge on any atom is -0.390 e. The molecule has 1 N–H and O–H groups in total. The Morgan fingerprint density at radius 2 is 2.22 bits per heavy atom. The van der Waals surface area contributed by atoms with Crippen LogP contribution in [0.25, 0.3) is 10.2 Å². The van der Waals surface area contributed by atoms with Crippen LogP contribution in [-0.2, 0) is 11.2 Å². The highest BCUT2D eigenvalue weighted by Gasteiger charge is 2.48. The number of hydrogen-bond acceptors (Lipinski definition) is 4. The summed E-state index contributed by atoms with van der Waals surface area (Å²) >= 11 is 1.68. The second-order valence-corrected chi connectivity index (χ2v) is 7.97. The Hall–Kier alpha value is -1.46. The second-order valence-electron chi connectivity index (χ2n) is 6.86. The fourth-order valence-electron chi connectivity index (χ4n) is 3.58. The zero-order valence-corrected chi connectivity index (χ0v) is 14.0. The molecule has 0 bridgehead atoms. The molecule has 0 spiro atoms. The summed E-state index contributed by atoms with van der Waals surface area (Å²) in [6, 6.07) is 8.10. The number of thiazole rings is 1. The zero-order chi connectivity index (χ0) is 15.9. The van der Waals surface area contributed by atoms with Gasteiger partial charge in [0.05, 0.1) is 20.8 Å². The highest BCUT2D eigenvalue weighted by atomic mass is 32.1. The van der Waals surface area contributed by atoms with Crippen molar-refractivity contribution in [1.29, 1.82) is 0 Å². The lowest BCUT2D eigenvalue weighted by Crippen LogP contribution is -2.44. The summed E-state index contributed by atoms with van der Waals surface area (Å²) in [5, 5.41) is 11.3. The standard InChI is InChI=1S/C18H22N2O2S/c21-17(20-11-3-4-13(12-20)18(22)9-10-18)8-7-16-19-14-5-1-2-6-15(14)23-16/h1-2,5-6,13,22H,3-4,7-12H2. The number of piperidine rings is 1. The maximum absolute atomic E-state index is 12.5. The van der Waals surface area contributed by atoms with E-state index < -0.39 is 5.60 Å². The largest absolute Gasteiger partial charge is 0.390 e. The number of carbonyl (C=O) groups is 1. The van der Waals surface area contributed by atoms with Gasteiger partial charge >= 0.3 is 0 Å². The number of aliphatic hydroxyl groups is 1. The van der Waals surface area contributed by atoms with Crippen molar-refractivity contribution in [2.45, 2.75) is 44.1 Å². The van der Waals surface area contributed by atoms with E-state index in [4.69, 9.17) is 0 Å². The molecule has 1 aliphatic heterocycles. The van der Waals surface area contributed by atoms with E-state index in [0.717, 1.165) is 49.3 Å². The van der Waals surface area contributed by atoms with Gasteiger partial charge < -0.3 is 10.0 Å². The average Bonchev–Trinajstić information content (AvgIpc) is 3.20. The first-order valence-electron chi connectivity index (χ1n) is 8.49. The van der Waals surface area contributed by atoms with Crippen molar-refractivity contribution in [3.8, 4) is 0 Å². The molecule has 1 unspecified atom stereocenters. The molecule has 1 aromatic heterocycles. The van der Waals surface area contributed by atoms with Gasteiger partial charge in [0.15, 0.2) is 0 Å². The number of aryl methyl sites for hydroxylation is 1. The summed E-state index contributed by atoms with van der Waals surface area (Å²) in [6.07, 6.45) is 5.11. The zero-order valence-electron chi connectivity index (χ0n) is 13.2. The smallest absolute Gasteiger partial charge is 0.223 e. The molecule has 1 aliphatic carbocycles. The van der Waals surface area contributed by atoms with Gasteiger partial charge in [-0.1, -0.05) is 12.1 Å². The van der Waals surface area contributed by atoms with E-state index in [1.165, 1.54) is 4.70 Å². The Balaban J connectivity index is 1.35. The van der Waals surface area contributed by atoms with Crippen LogP contribution in [0.4, 0.5) is 0 Å². The van der Waals surface area contributed by atoms with Crippen molar-refractivity contribution in [2.75, 3.05) is 13.1 Å². The molecule has 23 heavy (non-hydrogen) atoms. The van der Waals surface area contributed by atoms with Gasteiger partial charge in [0.1, 0.15) is 0 Å². The van der Waals surface area contributed by atoms with Crippen LogP contribution in [0.15, 0.2) is 24.3 Å². The van der Waals surface area contributed by atoms with Gasteiger partial charge in [0, 0.05) is 31.8 Å². The van der Waals surface area contributed by atoms with Crippen LogP contribution in [0, 0.1) is 5.92 Å². The Labute approximate surface area is 140 Å². The molecule has 1 saturated carbocycles. The summed E-state index contributed by atoms with van der Waals surface area (Å²) in [6.45, 7) is 1.57. The molecule has 5 heteroatoms. The van der Waals surface area contributed by atoms with Crippen LogP contribution < -0.4 is 0 Å². The number of hydrogen-bond donors (Lipinski definition) is 1. The van der Waals surface area contributed by atoms with Gasteiger partial charge in [-0.15, -0.1) is 11.3 Å². The fraction of sp³-hybridized carbons (Fsp3) is 0.556. The molecule has 1 amide bonds. The molecular formula is C18H22N2O2S. The van der Waals surface area contributed by atoms with Crippen LogP contribution in [0.5, 0.6) is 0 Å². The van der Waals surface area contributed by atoms with Crippen molar-refractivity contribution in [3.05, 3.63) is 29.3 Å². The summed E-state index contributed by atoms with van der Waals surface area (Å²) in [7, 11) is 0. The summed E-state index contributed by atoms with van der Waals surface area (Å²) < 4.78 is 1.18. The summed E-state index contributed by atoms with van der Waals surface area (Å²) in [5.74, 6) is 0.487. The van der Waals surface area contributed by atoms with Crippen molar-refractivity contribution in [3.63, 3.8) is 0 Å². The average molecular weight is 330 g/mol. The first-order chi connectivity index (χ1) is 11.1. The normalized spacial score (nSPS) is 23.2. The summed E-state index contributed by atoms with van der Waals surface area (Å²) in [4.78, 5) is 19.1. The number of fused-ring (bicyclic) bond motifs is 1. The minimum absolute atomic E-state index is 0.207. The molecule has 4 rings (SSSR count). The van der Waals surface area contributed by atoms with E-state index >= 15 is 0 Å². The fourth-order valence-corrected chi connectivity index (χ4v) is 4.54. The molecule has 2 fully saturated rings. The number of amides is 1. The monoisotopic (exact) mass is 330 g/mol. The predicted octanol–water partition coefficient (Wildman–Crippen LogP) is 2.99. The van der Waals surface area contributed by atoms with Crippen LogP contribution >= 0.6 is 11.3 Å².